The van der Waals surface area contributed by atoms with Crippen LogP contribution in [0, 0.1) is 0 Å². The number of pyridine rings is 1. The van der Waals surface area contributed by atoms with E-state index in [-0.39, 0.29) is 0 Å². The topological polar surface area (TPSA) is 52.6 Å². The molecule has 22 heavy (non-hydrogen) atoms. The SMILES string of the molecule is CN=C(NCCNc1ccc2ccccc2n1)N1CCCC1. The van der Waals surface area contributed by atoms with Crippen LogP contribution in [0.1, 0.15) is 12.8 Å². The van der Waals surface area contributed by atoms with Crippen LogP contribution in [0.3, 0.4) is 0 Å². The summed E-state index contributed by atoms with van der Waals surface area (Å²) in [5.74, 6) is 1.92. The van der Waals surface area contributed by atoms with Crippen LogP contribution >= 0.6 is 0 Å². The molecular formula is C17H23N5. The Hall–Kier alpha value is -2.30. The van der Waals surface area contributed by atoms with Crippen molar-refractivity contribution in [2.75, 3.05) is 38.5 Å². The number of likely N-dealkylation sites (tertiary alicyclic amines) is 1. The standard InChI is InChI=1S/C17H23N5/c1-18-17(22-12-4-5-13-22)20-11-10-19-16-9-8-14-6-2-3-7-15(14)21-16/h2-3,6-9H,4-5,10-13H2,1H3,(H,18,20)(H,19,21). The van der Waals surface area contributed by atoms with E-state index in [0.29, 0.717) is 0 Å². The van der Waals surface area contributed by atoms with Gasteiger partial charge >= 0.3 is 0 Å². The Bertz CT molecular complexity index is 646. The number of aliphatic imine (C=N–C) groups is 1. The van der Waals surface area contributed by atoms with Crippen molar-refractivity contribution < 1.29 is 0 Å². The van der Waals surface area contributed by atoms with E-state index in [4.69, 9.17) is 0 Å². The average molecular weight is 297 g/mol. The van der Waals surface area contributed by atoms with Gasteiger partial charge in [0.1, 0.15) is 5.82 Å². The summed E-state index contributed by atoms with van der Waals surface area (Å²) in [6.45, 7) is 3.87. The van der Waals surface area contributed by atoms with Crippen LogP contribution in [-0.2, 0) is 0 Å². The van der Waals surface area contributed by atoms with E-state index in [1.165, 1.54) is 18.2 Å². The van der Waals surface area contributed by atoms with Crippen LogP contribution in [0.5, 0.6) is 0 Å². The molecule has 0 spiro atoms. The maximum atomic E-state index is 4.61. The first kappa shape index (κ1) is 14.6. The Balaban J connectivity index is 1.49. The monoisotopic (exact) mass is 297 g/mol. The van der Waals surface area contributed by atoms with Gasteiger partial charge in [-0.2, -0.15) is 0 Å². The molecule has 116 valence electrons. The van der Waals surface area contributed by atoms with Gasteiger partial charge in [0, 0.05) is 38.6 Å². The Labute approximate surface area is 131 Å². The highest BCUT2D eigenvalue weighted by Gasteiger charge is 2.14. The summed E-state index contributed by atoms with van der Waals surface area (Å²) in [7, 11) is 1.85. The van der Waals surface area contributed by atoms with Crippen molar-refractivity contribution >= 4 is 22.7 Å². The molecule has 2 heterocycles. The lowest BCUT2D eigenvalue weighted by atomic mass is 10.2. The number of para-hydroxylation sites is 1. The molecule has 3 rings (SSSR count). The summed E-state index contributed by atoms with van der Waals surface area (Å²) < 4.78 is 0. The lowest BCUT2D eigenvalue weighted by Gasteiger charge is -2.20. The Morgan fingerprint density at radius 2 is 1.95 bits per heavy atom. The van der Waals surface area contributed by atoms with Gasteiger partial charge in [-0.3, -0.25) is 4.99 Å². The van der Waals surface area contributed by atoms with Crippen molar-refractivity contribution in [3.05, 3.63) is 36.4 Å². The van der Waals surface area contributed by atoms with E-state index in [1.54, 1.807) is 0 Å². The quantitative estimate of drug-likeness (QED) is 0.516. The van der Waals surface area contributed by atoms with Crippen LogP contribution in [0.15, 0.2) is 41.4 Å². The molecule has 2 aromatic rings. The van der Waals surface area contributed by atoms with Gasteiger partial charge in [0.25, 0.3) is 0 Å². The van der Waals surface area contributed by atoms with E-state index in [9.17, 15) is 0 Å². The fraction of sp³-hybridized carbons (Fsp3) is 0.412. The van der Waals surface area contributed by atoms with Crippen LogP contribution in [0.2, 0.25) is 0 Å². The van der Waals surface area contributed by atoms with Crippen LogP contribution in [-0.4, -0.2) is 49.1 Å². The highest BCUT2D eigenvalue weighted by Crippen LogP contribution is 2.14. The summed E-state index contributed by atoms with van der Waals surface area (Å²) in [5.41, 5.74) is 1.02. The predicted molar refractivity (Wildman–Crippen MR) is 92.4 cm³/mol. The van der Waals surface area contributed by atoms with Gasteiger partial charge in [0.2, 0.25) is 0 Å². The van der Waals surface area contributed by atoms with Crippen LogP contribution in [0.25, 0.3) is 10.9 Å². The van der Waals surface area contributed by atoms with Crippen LogP contribution in [0.4, 0.5) is 5.82 Å². The van der Waals surface area contributed by atoms with Crippen molar-refractivity contribution in [2.45, 2.75) is 12.8 Å². The number of anilines is 1. The van der Waals surface area contributed by atoms with Gasteiger partial charge in [-0.15, -0.1) is 0 Å². The second kappa shape index (κ2) is 7.11. The third-order valence-electron chi connectivity index (χ3n) is 3.93. The minimum atomic E-state index is 0.818. The fourth-order valence-corrected chi connectivity index (χ4v) is 2.79. The molecule has 1 fully saturated rings. The number of guanidine groups is 1. The number of nitrogens with one attached hydrogen (secondary N) is 2. The van der Waals surface area contributed by atoms with Crippen molar-refractivity contribution in [3.63, 3.8) is 0 Å². The minimum Gasteiger partial charge on any atom is -0.368 e. The molecule has 1 aliphatic heterocycles. The molecule has 0 aliphatic carbocycles. The van der Waals surface area contributed by atoms with Crippen molar-refractivity contribution in [2.24, 2.45) is 4.99 Å². The smallest absolute Gasteiger partial charge is 0.193 e. The molecule has 1 aromatic carbocycles. The Morgan fingerprint density at radius 1 is 1.14 bits per heavy atom. The predicted octanol–water partition coefficient (Wildman–Crippen LogP) is 2.32. The molecule has 0 saturated carbocycles. The zero-order valence-electron chi connectivity index (χ0n) is 13.0. The maximum absolute atomic E-state index is 4.61. The minimum absolute atomic E-state index is 0.818. The highest BCUT2D eigenvalue weighted by atomic mass is 15.3. The number of hydrogen-bond donors (Lipinski definition) is 2. The lowest BCUT2D eigenvalue weighted by molar-refractivity contribution is 0.495. The zero-order valence-corrected chi connectivity index (χ0v) is 13.0. The Kier molecular flexibility index (Phi) is 4.73. The van der Waals surface area contributed by atoms with Crippen molar-refractivity contribution in [1.29, 1.82) is 0 Å². The van der Waals surface area contributed by atoms with E-state index in [2.05, 4.69) is 37.6 Å². The first-order valence-corrected chi connectivity index (χ1v) is 7.92. The summed E-state index contributed by atoms with van der Waals surface area (Å²) in [5, 5.41) is 7.93. The van der Waals surface area contributed by atoms with Crippen molar-refractivity contribution in [1.82, 2.24) is 15.2 Å². The first-order valence-electron chi connectivity index (χ1n) is 7.92. The average Bonchev–Trinajstić information content (AvgIpc) is 3.09. The lowest BCUT2D eigenvalue weighted by Crippen LogP contribution is -2.41. The van der Waals surface area contributed by atoms with E-state index in [0.717, 1.165) is 43.5 Å². The summed E-state index contributed by atoms with van der Waals surface area (Å²) in [6.07, 6.45) is 2.53. The number of hydrogen-bond acceptors (Lipinski definition) is 3. The van der Waals surface area contributed by atoms with Gasteiger partial charge in [-0.25, -0.2) is 4.98 Å². The van der Waals surface area contributed by atoms with E-state index in [1.807, 2.05) is 31.3 Å². The summed E-state index contributed by atoms with van der Waals surface area (Å²) in [6, 6.07) is 12.3. The number of fused-ring (bicyclic) bond motifs is 1. The number of rotatable bonds is 4. The van der Waals surface area contributed by atoms with Gasteiger partial charge in [-0.1, -0.05) is 18.2 Å². The van der Waals surface area contributed by atoms with Crippen LogP contribution < -0.4 is 10.6 Å². The number of benzene rings is 1. The molecule has 1 saturated heterocycles. The zero-order chi connectivity index (χ0) is 15.2. The van der Waals surface area contributed by atoms with Gasteiger partial charge < -0.3 is 15.5 Å². The largest absolute Gasteiger partial charge is 0.368 e. The van der Waals surface area contributed by atoms with Gasteiger partial charge in [0.15, 0.2) is 5.96 Å². The summed E-state index contributed by atoms with van der Waals surface area (Å²) in [4.78, 5) is 11.3. The third-order valence-corrected chi connectivity index (χ3v) is 3.93. The second-order valence-corrected chi connectivity index (χ2v) is 5.48. The molecular weight excluding hydrogens is 274 g/mol. The molecule has 0 bridgehead atoms. The van der Waals surface area contributed by atoms with Gasteiger partial charge in [-0.05, 0) is 31.0 Å². The molecule has 1 aliphatic rings. The summed E-state index contributed by atoms with van der Waals surface area (Å²) >= 11 is 0. The molecule has 0 atom stereocenters. The highest BCUT2D eigenvalue weighted by molar-refractivity contribution is 5.80. The molecule has 0 amide bonds. The van der Waals surface area contributed by atoms with E-state index >= 15 is 0 Å². The molecule has 5 nitrogen and oxygen atoms in total. The number of nitrogens with zero attached hydrogens (tertiary/aromatic N) is 3. The third kappa shape index (κ3) is 3.47. The normalized spacial score (nSPS) is 15.3. The molecule has 0 radical (unpaired) electrons. The molecule has 1 aromatic heterocycles. The molecule has 2 N–H and O–H groups in total. The van der Waals surface area contributed by atoms with Gasteiger partial charge in [0.05, 0.1) is 5.52 Å². The first-order chi connectivity index (χ1) is 10.9. The molecule has 5 heteroatoms. The maximum Gasteiger partial charge on any atom is 0.193 e. The number of aromatic nitrogens is 1. The molecule has 0 unspecified atom stereocenters. The van der Waals surface area contributed by atoms with E-state index < -0.39 is 0 Å². The Morgan fingerprint density at radius 3 is 2.77 bits per heavy atom. The second-order valence-electron chi connectivity index (χ2n) is 5.48. The van der Waals surface area contributed by atoms with Crippen molar-refractivity contribution in [3.8, 4) is 0 Å². The fourth-order valence-electron chi connectivity index (χ4n) is 2.79.